The second-order valence-corrected chi connectivity index (χ2v) is 6.18. The summed E-state index contributed by atoms with van der Waals surface area (Å²) in [6.45, 7) is 4.79. The summed E-state index contributed by atoms with van der Waals surface area (Å²) in [6, 6.07) is 8.03. The Balaban J connectivity index is 1.57. The number of nitrogens with zero attached hydrogens (tertiary/aromatic N) is 4. The summed E-state index contributed by atoms with van der Waals surface area (Å²) in [5.41, 5.74) is 1.19. The van der Waals surface area contributed by atoms with Crippen molar-refractivity contribution in [2.24, 2.45) is 4.99 Å². The first-order chi connectivity index (χ1) is 11.2. The standard InChI is InChI=1S/C15H18N4O3S/c1-12-2-4-13(5-3-12)23-11-14(20)16-15-10-19(17-22-15)18-6-8-21-9-7-18/h2-5,10H,6-9,11H2,1H3. The molecule has 2 heterocycles. The number of hydrogen-bond acceptors (Lipinski definition) is 7. The number of aryl methyl sites for hydroxylation is 1. The summed E-state index contributed by atoms with van der Waals surface area (Å²) in [7, 11) is 0. The van der Waals surface area contributed by atoms with Gasteiger partial charge in [-0.15, -0.1) is 16.8 Å². The molecule has 8 heteroatoms. The lowest BCUT2D eigenvalue weighted by atomic mass is 10.2. The predicted molar refractivity (Wildman–Crippen MR) is 84.5 cm³/mol. The van der Waals surface area contributed by atoms with Crippen LogP contribution in [0.4, 0.5) is 5.88 Å². The Labute approximate surface area is 138 Å². The Morgan fingerprint density at radius 3 is 2.83 bits per heavy atom. The van der Waals surface area contributed by atoms with E-state index in [0.29, 0.717) is 13.2 Å². The number of benzene rings is 1. The number of rotatable bonds is 5. The molecular formula is C15H18N4O3S. The maximum atomic E-state index is 11.9. The minimum atomic E-state index is -0.249. The van der Waals surface area contributed by atoms with Crippen LogP contribution in [0.25, 0.3) is 0 Å². The van der Waals surface area contributed by atoms with Gasteiger partial charge in [0.1, 0.15) is 0 Å². The summed E-state index contributed by atoms with van der Waals surface area (Å²) >= 11 is 1.45. The van der Waals surface area contributed by atoms with E-state index in [1.807, 2.05) is 36.2 Å². The molecule has 0 spiro atoms. The fourth-order valence-electron chi connectivity index (χ4n) is 2.11. The lowest BCUT2D eigenvalue weighted by molar-refractivity contribution is -0.759. The van der Waals surface area contributed by atoms with Crippen molar-refractivity contribution in [1.82, 2.24) is 5.27 Å². The van der Waals surface area contributed by atoms with Gasteiger partial charge in [-0.3, -0.25) is 4.52 Å². The molecule has 2 aromatic rings. The summed E-state index contributed by atoms with van der Waals surface area (Å²) in [6.07, 6.45) is 1.61. The fraction of sp³-hybridized carbons (Fsp3) is 0.400. The van der Waals surface area contributed by atoms with Crippen molar-refractivity contribution >= 4 is 23.5 Å². The second-order valence-electron chi connectivity index (χ2n) is 5.13. The molecule has 0 N–H and O–H groups in total. The van der Waals surface area contributed by atoms with Crippen LogP contribution >= 0.6 is 11.8 Å². The molecule has 0 bridgehead atoms. The summed E-state index contributed by atoms with van der Waals surface area (Å²) in [5, 5.41) is 17.8. The van der Waals surface area contributed by atoms with E-state index in [4.69, 9.17) is 9.26 Å². The molecule has 0 unspecified atom stereocenters. The number of thioether (sulfide) groups is 1. The predicted octanol–water partition coefficient (Wildman–Crippen LogP) is 0.421. The van der Waals surface area contributed by atoms with Crippen LogP contribution in [0.15, 0.2) is 44.9 Å². The van der Waals surface area contributed by atoms with E-state index in [1.165, 1.54) is 17.3 Å². The molecule has 1 aromatic carbocycles. The average Bonchev–Trinajstić information content (AvgIpc) is 3.04. The first-order valence-electron chi connectivity index (χ1n) is 7.36. The Morgan fingerprint density at radius 1 is 1.35 bits per heavy atom. The molecule has 1 aliphatic rings. The van der Waals surface area contributed by atoms with Gasteiger partial charge in [-0.2, -0.15) is 0 Å². The lowest BCUT2D eigenvalue weighted by Crippen LogP contribution is -2.62. The Morgan fingerprint density at radius 2 is 2.09 bits per heavy atom. The van der Waals surface area contributed by atoms with E-state index in [-0.39, 0.29) is 17.5 Å². The van der Waals surface area contributed by atoms with Crippen molar-refractivity contribution < 1.29 is 19.2 Å². The van der Waals surface area contributed by atoms with Crippen molar-refractivity contribution in [3.8, 4) is 0 Å². The molecule has 1 fully saturated rings. The molecule has 23 heavy (non-hydrogen) atoms. The molecule has 0 amide bonds. The van der Waals surface area contributed by atoms with Crippen LogP contribution in [-0.4, -0.2) is 43.2 Å². The largest absolute Gasteiger partial charge is 0.861 e. The molecule has 0 aliphatic carbocycles. The Kier molecular flexibility index (Phi) is 5.14. The van der Waals surface area contributed by atoms with Gasteiger partial charge in [-0.25, -0.2) is 4.99 Å². The number of morpholine rings is 1. The third kappa shape index (κ3) is 4.46. The molecule has 122 valence electrons. The van der Waals surface area contributed by atoms with Crippen molar-refractivity contribution in [2.45, 2.75) is 11.8 Å². The Bertz CT molecular complexity index is 666. The van der Waals surface area contributed by atoms with Gasteiger partial charge in [0, 0.05) is 10.6 Å². The molecule has 7 nitrogen and oxygen atoms in total. The molecular weight excluding hydrogens is 316 g/mol. The highest BCUT2D eigenvalue weighted by Crippen LogP contribution is 2.18. The molecule has 1 aliphatic heterocycles. The van der Waals surface area contributed by atoms with Crippen molar-refractivity contribution in [1.29, 1.82) is 0 Å². The molecule has 0 radical (unpaired) electrons. The van der Waals surface area contributed by atoms with Gasteiger partial charge in [-0.05, 0) is 25.0 Å². The van der Waals surface area contributed by atoms with Crippen molar-refractivity contribution in [3.63, 3.8) is 0 Å². The maximum absolute atomic E-state index is 11.9. The van der Waals surface area contributed by atoms with E-state index < -0.39 is 0 Å². The van der Waals surface area contributed by atoms with Crippen LogP contribution in [-0.2, 0) is 4.74 Å². The van der Waals surface area contributed by atoms with E-state index in [0.717, 1.165) is 18.0 Å². The van der Waals surface area contributed by atoms with Crippen LogP contribution in [0.5, 0.6) is 0 Å². The van der Waals surface area contributed by atoms with Gasteiger partial charge < -0.3 is 9.84 Å². The zero-order valence-corrected chi connectivity index (χ0v) is 13.7. The molecule has 1 saturated heterocycles. The molecule has 1 aromatic heterocycles. The van der Waals surface area contributed by atoms with Gasteiger partial charge >= 0.3 is 5.88 Å². The number of aromatic nitrogens is 2. The highest BCUT2D eigenvalue weighted by molar-refractivity contribution is 8.00. The van der Waals surface area contributed by atoms with Crippen LogP contribution < -0.4 is 14.9 Å². The van der Waals surface area contributed by atoms with E-state index in [2.05, 4.69) is 10.3 Å². The van der Waals surface area contributed by atoms with Crippen LogP contribution in [0.2, 0.25) is 0 Å². The second kappa shape index (κ2) is 7.47. The summed E-state index contributed by atoms with van der Waals surface area (Å²) in [5.74, 6) is 0.230. The van der Waals surface area contributed by atoms with Gasteiger partial charge in [0.05, 0.1) is 31.1 Å². The minimum Gasteiger partial charge on any atom is -0.861 e. The van der Waals surface area contributed by atoms with Crippen LogP contribution in [0.3, 0.4) is 0 Å². The van der Waals surface area contributed by atoms with Gasteiger partial charge in [0.2, 0.25) is 5.27 Å². The quantitative estimate of drug-likeness (QED) is 0.341. The van der Waals surface area contributed by atoms with Crippen molar-refractivity contribution in [2.75, 3.05) is 37.1 Å². The Hall–Kier alpha value is -2.06. The first kappa shape index (κ1) is 15.8. The summed E-state index contributed by atoms with van der Waals surface area (Å²) < 4.78 is 10.4. The van der Waals surface area contributed by atoms with Gasteiger partial charge in [-0.1, -0.05) is 17.7 Å². The summed E-state index contributed by atoms with van der Waals surface area (Å²) in [4.78, 5) is 6.55. The number of aliphatic imine (C=N–C) groups is 1. The van der Waals surface area contributed by atoms with Gasteiger partial charge in [0.25, 0.3) is 6.20 Å². The average molecular weight is 334 g/mol. The third-order valence-electron chi connectivity index (χ3n) is 3.34. The lowest BCUT2D eigenvalue weighted by Gasteiger charge is -2.18. The zero-order valence-electron chi connectivity index (χ0n) is 12.8. The van der Waals surface area contributed by atoms with E-state index in [9.17, 15) is 5.11 Å². The van der Waals surface area contributed by atoms with Crippen LogP contribution in [0.1, 0.15) is 5.56 Å². The van der Waals surface area contributed by atoms with E-state index in [1.54, 1.807) is 11.0 Å². The third-order valence-corrected chi connectivity index (χ3v) is 4.34. The molecule has 0 saturated carbocycles. The highest BCUT2D eigenvalue weighted by Gasteiger charge is 2.22. The smallest absolute Gasteiger partial charge is 0.324 e. The zero-order chi connectivity index (χ0) is 16.1. The van der Waals surface area contributed by atoms with Crippen LogP contribution in [0, 0.1) is 6.92 Å². The molecule has 0 atom stereocenters. The minimum absolute atomic E-state index is 0.214. The monoisotopic (exact) mass is 334 g/mol. The highest BCUT2D eigenvalue weighted by atomic mass is 32.2. The topological polar surface area (TPSA) is 77.8 Å². The van der Waals surface area contributed by atoms with Gasteiger partial charge in [0.15, 0.2) is 0 Å². The first-order valence-corrected chi connectivity index (χ1v) is 8.35. The number of ether oxygens (including phenoxy) is 1. The fourth-order valence-corrected chi connectivity index (χ4v) is 2.79. The van der Waals surface area contributed by atoms with Crippen molar-refractivity contribution in [3.05, 3.63) is 36.0 Å². The SMILES string of the molecule is Cc1ccc(SC/C([O-])=N\c2c[n+](N3CCOCC3)no2)cc1. The number of hydrogen-bond donors (Lipinski definition) is 0. The maximum Gasteiger partial charge on any atom is 0.324 e. The normalized spacial score (nSPS) is 15.9. The van der Waals surface area contributed by atoms with E-state index >= 15 is 0 Å². The molecule has 3 rings (SSSR count).